The molecule has 2 fully saturated rings. The van der Waals surface area contributed by atoms with E-state index >= 15 is 0 Å². The van der Waals surface area contributed by atoms with Crippen LogP contribution in [0.5, 0.6) is 0 Å². The summed E-state index contributed by atoms with van der Waals surface area (Å²) in [6.45, 7) is 8.55. The molecule has 0 bridgehead atoms. The number of carbonyl (C=O) groups excluding carboxylic acids is 2. The summed E-state index contributed by atoms with van der Waals surface area (Å²) in [7, 11) is 0. The molecule has 3 aromatic rings. The van der Waals surface area contributed by atoms with Crippen LogP contribution in [0, 0.1) is 6.92 Å². The minimum atomic E-state index is -4.40. The number of piperazine rings is 1. The first-order chi connectivity index (χ1) is 18.3. The maximum Gasteiger partial charge on any atom is 0.416 e. The topological polar surface area (TPSA) is 74.8 Å². The minimum Gasteiger partial charge on any atom is -0.444 e. The number of pyridine rings is 1. The summed E-state index contributed by atoms with van der Waals surface area (Å²) >= 11 is 0. The van der Waals surface area contributed by atoms with Crippen molar-refractivity contribution in [1.82, 2.24) is 9.88 Å². The van der Waals surface area contributed by atoms with E-state index in [0.717, 1.165) is 29.1 Å². The molecule has 7 nitrogen and oxygen atoms in total. The van der Waals surface area contributed by atoms with Crippen LogP contribution in [0.3, 0.4) is 0 Å². The van der Waals surface area contributed by atoms with E-state index in [2.05, 4.69) is 15.2 Å². The second-order valence-electron chi connectivity index (χ2n) is 10.8. The van der Waals surface area contributed by atoms with Crippen LogP contribution in [-0.4, -0.2) is 52.7 Å². The molecule has 0 spiro atoms. The van der Waals surface area contributed by atoms with Crippen molar-refractivity contribution < 1.29 is 27.5 Å². The van der Waals surface area contributed by atoms with Crippen molar-refractivity contribution in [1.29, 1.82) is 0 Å². The van der Waals surface area contributed by atoms with Crippen molar-refractivity contribution in [3.05, 3.63) is 77.5 Å². The summed E-state index contributed by atoms with van der Waals surface area (Å²) in [5.74, 6) is 0.389. The van der Waals surface area contributed by atoms with E-state index in [9.17, 15) is 22.8 Å². The SMILES string of the molecule is Cc1c(NC(=O)c2ccc(N3CC4C3CN4C(=O)OC(C)(C)C)nc2)cccc1-c1ccc(C(F)(F)F)cc1. The predicted molar refractivity (Wildman–Crippen MR) is 142 cm³/mol. The monoisotopic (exact) mass is 538 g/mol. The molecular formula is C29H29F3N4O3. The molecule has 5 rings (SSSR count). The highest BCUT2D eigenvalue weighted by molar-refractivity contribution is 6.05. The molecular weight excluding hydrogens is 509 g/mol. The molecule has 10 heteroatoms. The Morgan fingerprint density at radius 3 is 2.26 bits per heavy atom. The number of nitrogens with zero attached hydrogens (tertiary/aromatic N) is 3. The number of hydrogen-bond acceptors (Lipinski definition) is 5. The summed E-state index contributed by atoms with van der Waals surface area (Å²) in [6, 6.07) is 14.0. The zero-order chi connectivity index (χ0) is 28.1. The average molecular weight is 539 g/mol. The van der Waals surface area contributed by atoms with Gasteiger partial charge >= 0.3 is 12.3 Å². The lowest BCUT2D eigenvalue weighted by atomic mass is 9.86. The smallest absolute Gasteiger partial charge is 0.416 e. The number of nitrogens with one attached hydrogen (secondary N) is 1. The molecule has 2 amide bonds. The van der Waals surface area contributed by atoms with Gasteiger partial charge in [-0.2, -0.15) is 13.2 Å². The van der Waals surface area contributed by atoms with Gasteiger partial charge in [-0.3, -0.25) is 9.69 Å². The Bertz CT molecular complexity index is 1400. The van der Waals surface area contributed by atoms with Gasteiger partial charge < -0.3 is 15.0 Å². The highest BCUT2D eigenvalue weighted by Crippen LogP contribution is 2.37. The van der Waals surface area contributed by atoms with Crippen molar-refractivity contribution in [3.63, 3.8) is 0 Å². The first kappa shape index (κ1) is 26.5. The number of anilines is 2. The molecule has 3 heterocycles. The first-order valence-electron chi connectivity index (χ1n) is 12.6. The normalized spacial score (nSPS) is 18.5. The number of carbonyl (C=O) groups is 2. The van der Waals surface area contributed by atoms with Crippen LogP contribution in [0.4, 0.5) is 29.5 Å². The zero-order valence-corrected chi connectivity index (χ0v) is 22.0. The third-order valence-corrected chi connectivity index (χ3v) is 7.05. The van der Waals surface area contributed by atoms with Gasteiger partial charge in [-0.25, -0.2) is 9.78 Å². The van der Waals surface area contributed by atoms with Crippen LogP contribution >= 0.6 is 0 Å². The Morgan fingerprint density at radius 2 is 1.69 bits per heavy atom. The largest absolute Gasteiger partial charge is 0.444 e. The zero-order valence-electron chi connectivity index (χ0n) is 22.0. The number of halogens is 3. The third-order valence-electron chi connectivity index (χ3n) is 7.05. The predicted octanol–water partition coefficient (Wildman–Crippen LogP) is 6.14. The lowest BCUT2D eigenvalue weighted by Gasteiger charge is -2.61. The molecule has 1 aromatic heterocycles. The van der Waals surface area contributed by atoms with E-state index in [-0.39, 0.29) is 24.1 Å². The Balaban J connectivity index is 1.21. The molecule has 2 aliphatic rings. The van der Waals surface area contributed by atoms with Gasteiger partial charge in [0.05, 0.1) is 23.2 Å². The Kier molecular flexibility index (Phi) is 6.52. The number of rotatable bonds is 4. The fraction of sp³-hybridized carbons (Fsp3) is 0.345. The van der Waals surface area contributed by atoms with E-state index < -0.39 is 17.3 Å². The Hall–Kier alpha value is -4.08. The van der Waals surface area contributed by atoms with E-state index in [1.165, 1.54) is 18.3 Å². The van der Waals surface area contributed by atoms with E-state index in [0.29, 0.717) is 29.9 Å². The maximum absolute atomic E-state index is 12.9. The number of alkyl halides is 3. The van der Waals surface area contributed by atoms with Crippen LogP contribution in [-0.2, 0) is 10.9 Å². The number of ether oxygens (including phenoxy) is 1. The molecule has 0 saturated carbocycles. The van der Waals surface area contributed by atoms with Crippen molar-refractivity contribution in [2.75, 3.05) is 23.3 Å². The quantitative estimate of drug-likeness (QED) is 0.432. The summed E-state index contributed by atoms with van der Waals surface area (Å²) < 4.78 is 44.2. The highest BCUT2D eigenvalue weighted by Gasteiger charge is 2.55. The molecule has 2 unspecified atom stereocenters. The molecule has 204 valence electrons. The van der Waals surface area contributed by atoms with Crippen molar-refractivity contribution in [2.45, 2.75) is 51.6 Å². The van der Waals surface area contributed by atoms with E-state index in [1.54, 1.807) is 35.2 Å². The van der Waals surface area contributed by atoms with E-state index in [1.807, 2.05) is 27.7 Å². The van der Waals surface area contributed by atoms with Crippen LogP contribution in [0.15, 0.2) is 60.8 Å². The van der Waals surface area contributed by atoms with Gasteiger partial charge in [0.15, 0.2) is 0 Å². The Labute approximate surface area is 224 Å². The van der Waals surface area contributed by atoms with Crippen LogP contribution in [0.25, 0.3) is 11.1 Å². The highest BCUT2D eigenvalue weighted by atomic mass is 19.4. The Morgan fingerprint density at radius 1 is 0.974 bits per heavy atom. The fourth-order valence-corrected chi connectivity index (χ4v) is 4.86. The third kappa shape index (κ3) is 5.28. The van der Waals surface area contributed by atoms with Crippen molar-refractivity contribution in [2.24, 2.45) is 0 Å². The second kappa shape index (κ2) is 9.59. The van der Waals surface area contributed by atoms with Crippen LogP contribution in [0.1, 0.15) is 42.3 Å². The summed E-state index contributed by atoms with van der Waals surface area (Å²) in [5.41, 5.74) is 1.77. The first-order valence-corrected chi connectivity index (χ1v) is 12.6. The molecule has 2 aromatic carbocycles. The number of fused-ring (bicyclic) bond motifs is 1. The number of amides is 2. The summed E-state index contributed by atoms with van der Waals surface area (Å²) in [5, 5.41) is 2.88. The fourth-order valence-electron chi connectivity index (χ4n) is 4.86. The molecule has 39 heavy (non-hydrogen) atoms. The van der Waals surface area contributed by atoms with E-state index in [4.69, 9.17) is 4.74 Å². The number of hydrogen-bond donors (Lipinski definition) is 1. The van der Waals surface area contributed by atoms with Crippen LogP contribution in [0.2, 0.25) is 0 Å². The molecule has 0 aliphatic carbocycles. The van der Waals surface area contributed by atoms with Gasteiger partial charge in [-0.15, -0.1) is 0 Å². The van der Waals surface area contributed by atoms with Crippen molar-refractivity contribution in [3.8, 4) is 11.1 Å². The molecule has 2 saturated heterocycles. The van der Waals surface area contributed by atoms with Gasteiger partial charge in [-0.05, 0) is 74.7 Å². The molecule has 2 atom stereocenters. The van der Waals surface area contributed by atoms with Gasteiger partial charge in [0.1, 0.15) is 11.4 Å². The average Bonchev–Trinajstić information content (AvgIpc) is 2.85. The summed E-state index contributed by atoms with van der Waals surface area (Å²) in [6.07, 6.45) is -3.19. The molecule has 1 N–H and O–H groups in total. The number of likely N-dealkylation sites (tertiary alicyclic amines) is 1. The summed E-state index contributed by atoms with van der Waals surface area (Å²) in [4.78, 5) is 33.5. The minimum absolute atomic E-state index is 0.101. The van der Waals surface area contributed by atoms with Crippen LogP contribution < -0.4 is 10.2 Å². The number of benzene rings is 2. The second-order valence-corrected chi connectivity index (χ2v) is 10.8. The van der Waals surface area contributed by atoms with Gasteiger partial charge in [0.2, 0.25) is 0 Å². The maximum atomic E-state index is 12.9. The molecule has 2 aliphatic heterocycles. The van der Waals surface area contributed by atoms with Gasteiger partial charge in [0.25, 0.3) is 5.91 Å². The van der Waals surface area contributed by atoms with Gasteiger partial charge in [-0.1, -0.05) is 24.3 Å². The number of aromatic nitrogens is 1. The lowest BCUT2D eigenvalue weighted by Crippen LogP contribution is -2.80. The lowest BCUT2D eigenvalue weighted by molar-refractivity contribution is -0.137. The van der Waals surface area contributed by atoms with Gasteiger partial charge in [0, 0.05) is 25.0 Å². The standard InChI is InChI=1S/C29H29F3N4O3/c1-17-21(18-8-11-20(12-9-18)29(30,31)32)6-5-7-22(17)34-26(37)19-10-13-25(33-14-19)35-15-24-23(35)16-36(24)27(38)39-28(2,3)4/h5-14,23-24H,15-16H2,1-4H3,(H,34,37). The van der Waals surface area contributed by atoms with Crippen molar-refractivity contribution >= 4 is 23.5 Å². The molecule has 0 radical (unpaired) electrons.